The molecule has 2 fully saturated rings. The summed E-state index contributed by atoms with van der Waals surface area (Å²) in [7, 11) is 2.17. The first-order valence-electron chi connectivity index (χ1n) is 6.62. The Morgan fingerprint density at radius 1 is 1.17 bits per heavy atom. The number of piperidine rings is 1. The number of aromatic nitrogens is 2. The van der Waals surface area contributed by atoms with Gasteiger partial charge in [0.1, 0.15) is 0 Å². The molecule has 1 spiro atoms. The van der Waals surface area contributed by atoms with Gasteiger partial charge in [-0.3, -0.25) is 0 Å². The molecule has 1 aromatic rings. The monoisotopic (exact) mass is 248 g/mol. The maximum atomic E-state index is 6.08. The van der Waals surface area contributed by atoms with E-state index in [0.29, 0.717) is 0 Å². The molecule has 3 heterocycles. The number of anilines is 1. The van der Waals surface area contributed by atoms with Crippen molar-refractivity contribution >= 4 is 5.95 Å². The molecule has 98 valence electrons. The highest BCUT2D eigenvalue weighted by molar-refractivity contribution is 5.30. The number of morpholine rings is 1. The summed E-state index contributed by atoms with van der Waals surface area (Å²) in [4.78, 5) is 13.3. The van der Waals surface area contributed by atoms with Crippen molar-refractivity contribution in [2.45, 2.75) is 18.4 Å². The van der Waals surface area contributed by atoms with Gasteiger partial charge < -0.3 is 14.5 Å². The van der Waals surface area contributed by atoms with Gasteiger partial charge in [-0.1, -0.05) is 0 Å². The zero-order valence-corrected chi connectivity index (χ0v) is 10.9. The number of hydrogen-bond acceptors (Lipinski definition) is 5. The van der Waals surface area contributed by atoms with Crippen LogP contribution in [-0.4, -0.2) is 60.3 Å². The predicted octanol–water partition coefficient (Wildman–Crippen LogP) is 0.778. The lowest BCUT2D eigenvalue weighted by Gasteiger charge is -2.46. The molecule has 3 rings (SSSR count). The van der Waals surface area contributed by atoms with Crippen molar-refractivity contribution in [3.63, 3.8) is 0 Å². The topological polar surface area (TPSA) is 41.5 Å². The molecule has 0 radical (unpaired) electrons. The molecule has 5 nitrogen and oxygen atoms in total. The normalized spacial score (nSPS) is 24.4. The molecule has 2 aliphatic rings. The van der Waals surface area contributed by atoms with Crippen molar-refractivity contribution in [2.75, 3.05) is 44.7 Å². The molecule has 0 unspecified atom stereocenters. The Bertz CT molecular complexity index is 389. The second-order valence-electron chi connectivity index (χ2n) is 5.31. The number of hydrogen-bond donors (Lipinski definition) is 0. The van der Waals surface area contributed by atoms with Crippen LogP contribution in [0.25, 0.3) is 0 Å². The van der Waals surface area contributed by atoms with E-state index in [-0.39, 0.29) is 5.60 Å². The molecule has 0 atom stereocenters. The molecule has 2 aliphatic heterocycles. The Morgan fingerprint density at radius 3 is 2.61 bits per heavy atom. The molecule has 1 aromatic heterocycles. The van der Waals surface area contributed by atoms with E-state index in [4.69, 9.17) is 4.74 Å². The van der Waals surface area contributed by atoms with Crippen LogP contribution in [0.15, 0.2) is 18.5 Å². The highest BCUT2D eigenvalue weighted by Gasteiger charge is 2.39. The van der Waals surface area contributed by atoms with Crippen molar-refractivity contribution in [1.82, 2.24) is 14.9 Å². The Labute approximate surface area is 108 Å². The lowest BCUT2D eigenvalue weighted by atomic mass is 9.89. The van der Waals surface area contributed by atoms with Gasteiger partial charge in [0, 0.05) is 32.0 Å². The maximum absolute atomic E-state index is 6.08. The summed E-state index contributed by atoms with van der Waals surface area (Å²) in [5.74, 6) is 0.833. The smallest absolute Gasteiger partial charge is 0.225 e. The lowest BCUT2D eigenvalue weighted by molar-refractivity contribution is -0.0886. The summed E-state index contributed by atoms with van der Waals surface area (Å²) in [6, 6.07) is 1.86. The molecule has 2 saturated heterocycles. The molecule has 0 aliphatic carbocycles. The van der Waals surface area contributed by atoms with E-state index in [1.54, 1.807) is 12.4 Å². The summed E-state index contributed by atoms with van der Waals surface area (Å²) < 4.78 is 6.08. The van der Waals surface area contributed by atoms with Crippen LogP contribution in [0.2, 0.25) is 0 Å². The third-order valence-corrected chi connectivity index (χ3v) is 3.98. The molecule has 0 N–H and O–H groups in total. The van der Waals surface area contributed by atoms with Gasteiger partial charge in [0.25, 0.3) is 0 Å². The number of ether oxygens (including phenoxy) is 1. The van der Waals surface area contributed by atoms with Crippen LogP contribution in [0.1, 0.15) is 12.8 Å². The molecular formula is C13H20N4O. The fraction of sp³-hybridized carbons (Fsp3) is 0.692. The van der Waals surface area contributed by atoms with Crippen molar-refractivity contribution in [1.29, 1.82) is 0 Å². The largest absolute Gasteiger partial charge is 0.371 e. The minimum atomic E-state index is 0.0178. The molecule has 0 saturated carbocycles. The highest BCUT2D eigenvalue weighted by atomic mass is 16.5. The Hall–Kier alpha value is -1.20. The van der Waals surface area contributed by atoms with Gasteiger partial charge in [-0.15, -0.1) is 0 Å². The zero-order chi connectivity index (χ0) is 12.4. The first kappa shape index (κ1) is 11.9. The van der Waals surface area contributed by atoms with Crippen molar-refractivity contribution < 1.29 is 4.74 Å². The van der Waals surface area contributed by atoms with Crippen LogP contribution in [0, 0.1) is 0 Å². The van der Waals surface area contributed by atoms with E-state index in [0.717, 1.165) is 51.6 Å². The second-order valence-corrected chi connectivity index (χ2v) is 5.31. The first-order valence-corrected chi connectivity index (χ1v) is 6.62. The molecule has 18 heavy (non-hydrogen) atoms. The van der Waals surface area contributed by atoms with E-state index in [2.05, 4.69) is 26.8 Å². The summed E-state index contributed by atoms with van der Waals surface area (Å²) in [6.07, 6.45) is 5.82. The first-order chi connectivity index (χ1) is 8.77. The minimum Gasteiger partial charge on any atom is -0.371 e. The molecule has 0 bridgehead atoms. The van der Waals surface area contributed by atoms with Crippen LogP contribution in [0.5, 0.6) is 0 Å². The van der Waals surface area contributed by atoms with E-state index < -0.39 is 0 Å². The van der Waals surface area contributed by atoms with Gasteiger partial charge >= 0.3 is 0 Å². The van der Waals surface area contributed by atoms with E-state index in [9.17, 15) is 0 Å². The van der Waals surface area contributed by atoms with Gasteiger partial charge in [0.2, 0.25) is 5.95 Å². The Balaban J connectivity index is 1.72. The third-order valence-electron chi connectivity index (χ3n) is 3.98. The van der Waals surface area contributed by atoms with E-state index in [1.807, 2.05) is 6.07 Å². The van der Waals surface area contributed by atoms with Gasteiger partial charge in [-0.2, -0.15) is 0 Å². The van der Waals surface area contributed by atoms with Gasteiger partial charge in [-0.25, -0.2) is 9.97 Å². The average molecular weight is 248 g/mol. The fourth-order valence-corrected chi connectivity index (χ4v) is 2.80. The van der Waals surface area contributed by atoms with Crippen molar-refractivity contribution in [3.05, 3.63) is 18.5 Å². The summed E-state index contributed by atoms with van der Waals surface area (Å²) in [5, 5.41) is 0. The van der Waals surface area contributed by atoms with Crippen LogP contribution in [0.3, 0.4) is 0 Å². The number of rotatable bonds is 1. The van der Waals surface area contributed by atoms with E-state index in [1.165, 1.54) is 0 Å². The highest BCUT2D eigenvalue weighted by Crippen LogP contribution is 2.30. The third kappa shape index (κ3) is 2.33. The summed E-state index contributed by atoms with van der Waals surface area (Å²) >= 11 is 0. The maximum Gasteiger partial charge on any atom is 0.225 e. The van der Waals surface area contributed by atoms with E-state index >= 15 is 0 Å². The lowest BCUT2D eigenvalue weighted by Crippen LogP contribution is -2.56. The summed E-state index contributed by atoms with van der Waals surface area (Å²) in [6.45, 7) is 4.82. The number of nitrogens with zero attached hydrogens (tertiary/aromatic N) is 4. The van der Waals surface area contributed by atoms with Crippen LogP contribution in [-0.2, 0) is 4.74 Å². The molecule has 5 heteroatoms. The fourth-order valence-electron chi connectivity index (χ4n) is 2.80. The van der Waals surface area contributed by atoms with Gasteiger partial charge in [0.05, 0.1) is 18.8 Å². The van der Waals surface area contributed by atoms with Crippen LogP contribution < -0.4 is 4.90 Å². The standard InChI is InChI=1S/C13H20N4O/c1-16-7-3-13(4-8-16)11-17(9-10-18-13)12-14-5-2-6-15-12/h2,5-6H,3-4,7-11H2,1H3. The molecular weight excluding hydrogens is 228 g/mol. The van der Waals surface area contributed by atoms with Crippen LogP contribution >= 0.6 is 0 Å². The van der Waals surface area contributed by atoms with Crippen LogP contribution in [0.4, 0.5) is 5.95 Å². The van der Waals surface area contributed by atoms with Crippen molar-refractivity contribution in [2.24, 2.45) is 0 Å². The van der Waals surface area contributed by atoms with Gasteiger partial charge in [-0.05, 0) is 26.0 Å². The molecule has 0 amide bonds. The predicted molar refractivity (Wildman–Crippen MR) is 69.7 cm³/mol. The average Bonchev–Trinajstić information content (AvgIpc) is 2.44. The summed E-state index contributed by atoms with van der Waals surface area (Å²) in [5.41, 5.74) is 0.0178. The quantitative estimate of drug-likeness (QED) is 0.734. The SMILES string of the molecule is CN1CCC2(CC1)CN(c1ncccn1)CCO2. The Kier molecular flexibility index (Phi) is 3.18. The zero-order valence-electron chi connectivity index (χ0n) is 10.9. The Morgan fingerprint density at radius 2 is 1.89 bits per heavy atom. The minimum absolute atomic E-state index is 0.0178. The molecule has 0 aromatic carbocycles. The van der Waals surface area contributed by atoms with Gasteiger partial charge in [0.15, 0.2) is 0 Å². The number of likely N-dealkylation sites (tertiary alicyclic amines) is 1. The second kappa shape index (κ2) is 4.82. The van der Waals surface area contributed by atoms with Crippen molar-refractivity contribution in [3.8, 4) is 0 Å².